The molecule has 0 aliphatic rings. The molecule has 0 aliphatic heterocycles. The molecule has 0 unspecified atom stereocenters. The Balaban J connectivity index is 1.86. The molecule has 0 spiro atoms. The number of sulfonamides is 1. The molecule has 2 heterocycles. The fourth-order valence-electron chi connectivity index (χ4n) is 3.04. The van der Waals surface area contributed by atoms with Crippen molar-refractivity contribution in [3.63, 3.8) is 0 Å². The highest BCUT2D eigenvalue weighted by Gasteiger charge is 2.18. The quantitative estimate of drug-likeness (QED) is 0.606. The van der Waals surface area contributed by atoms with E-state index in [-0.39, 0.29) is 4.90 Å². The van der Waals surface area contributed by atoms with Crippen molar-refractivity contribution in [1.29, 1.82) is 0 Å². The third-order valence-electron chi connectivity index (χ3n) is 4.87. The van der Waals surface area contributed by atoms with Gasteiger partial charge in [0.15, 0.2) is 11.2 Å². The Kier molecular flexibility index (Phi) is 5.37. The van der Waals surface area contributed by atoms with Gasteiger partial charge < -0.3 is 9.88 Å². The van der Waals surface area contributed by atoms with Crippen LogP contribution in [-0.2, 0) is 30.7 Å². The summed E-state index contributed by atoms with van der Waals surface area (Å²) in [6.45, 7) is 2.73. The summed E-state index contributed by atoms with van der Waals surface area (Å²) in [5.41, 5.74) is 1.43. The summed E-state index contributed by atoms with van der Waals surface area (Å²) in [6, 6.07) is 4.92. The first kappa shape index (κ1) is 20.8. The van der Waals surface area contributed by atoms with Crippen LogP contribution in [0.15, 0.2) is 39.0 Å². The maximum absolute atomic E-state index is 12.5. The average Bonchev–Trinajstić information content (AvgIpc) is 3.10. The van der Waals surface area contributed by atoms with E-state index in [1.807, 2.05) is 6.92 Å². The highest BCUT2D eigenvalue weighted by Crippen LogP contribution is 2.22. The van der Waals surface area contributed by atoms with Crippen LogP contribution in [0.1, 0.15) is 5.56 Å². The summed E-state index contributed by atoms with van der Waals surface area (Å²) in [5.74, 6) is 0. The van der Waals surface area contributed by atoms with Crippen molar-refractivity contribution < 1.29 is 8.42 Å². The van der Waals surface area contributed by atoms with Crippen molar-refractivity contribution in [3.05, 3.63) is 50.9 Å². The fraction of sp³-hybridized carbons (Fsp3) is 0.389. The number of aromatic nitrogens is 4. The van der Waals surface area contributed by atoms with Gasteiger partial charge in [0, 0.05) is 47.0 Å². The standard InChI is InChI=1S/C18H24N6O4S/c1-12-6-7-13(29(27,28)21(2)3)10-14(12)19-8-9-24-11-20-16-15(24)17(25)23(5)18(26)22(16)4/h6-7,10-11,19H,8-9H2,1-5H3. The van der Waals surface area contributed by atoms with Gasteiger partial charge in [-0.05, 0) is 24.6 Å². The monoisotopic (exact) mass is 420 g/mol. The summed E-state index contributed by atoms with van der Waals surface area (Å²) in [7, 11) is 2.44. The number of anilines is 1. The molecule has 1 N–H and O–H groups in total. The van der Waals surface area contributed by atoms with Gasteiger partial charge in [-0.3, -0.25) is 13.9 Å². The molecule has 0 atom stereocenters. The van der Waals surface area contributed by atoms with Crippen LogP contribution in [0.25, 0.3) is 11.2 Å². The van der Waals surface area contributed by atoms with E-state index in [4.69, 9.17) is 0 Å². The van der Waals surface area contributed by atoms with Crippen LogP contribution >= 0.6 is 0 Å². The molecular weight excluding hydrogens is 396 g/mol. The lowest BCUT2D eigenvalue weighted by Crippen LogP contribution is -2.37. The zero-order valence-corrected chi connectivity index (χ0v) is 17.8. The van der Waals surface area contributed by atoms with Crippen molar-refractivity contribution >= 4 is 26.9 Å². The number of nitrogens with zero attached hydrogens (tertiary/aromatic N) is 5. The summed E-state index contributed by atoms with van der Waals surface area (Å²) in [6.07, 6.45) is 1.52. The fourth-order valence-corrected chi connectivity index (χ4v) is 3.97. The Bertz CT molecular complexity index is 1300. The van der Waals surface area contributed by atoms with Gasteiger partial charge in [-0.25, -0.2) is 22.5 Å². The van der Waals surface area contributed by atoms with Crippen LogP contribution in [0.4, 0.5) is 5.69 Å². The number of aryl methyl sites for hydroxylation is 2. The summed E-state index contributed by atoms with van der Waals surface area (Å²) >= 11 is 0. The van der Waals surface area contributed by atoms with E-state index in [1.165, 1.54) is 36.3 Å². The van der Waals surface area contributed by atoms with Crippen LogP contribution in [0.5, 0.6) is 0 Å². The van der Waals surface area contributed by atoms with Crippen molar-refractivity contribution in [1.82, 2.24) is 23.0 Å². The second-order valence-corrected chi connectivity index (χ2v) is 9.16. The van der Waals surface area contributed by atoms with E-state index in [0.717, 1.165) is 10.1 Å². The van der Waals surface area contributed by atoms with Crippen molar-refractivity contribution in [3.8, 4) is 0 Å². The second-order valence-electron chi connectivity index (χ2n) is 7.01. The van der Waals surface area contributed by atoms with Gasteiger partial charge in [-0.1, -0.05) is 6.07 Å². The zero-order chi connectivity index (χ0) is 21.5. The van der Waals surface area contributed by atoms with Crippen LogP contribution in [0.2, 0.25) is 0 Å². The van der Waals surface area contributed by atoms with Crippen LogP contribution < -0.4 is 16.6 Å². The van der Waals surface area contributed by atoms with Crippen LogP contribution in [0, 0.1) is 6.92 Å². The zero-order valence-electron chi connectivity index (χ0n) is 17.0. The molecule has 0 amide bonds. The molecule has 156 valence electrons. The minimum absolute atomic E-state index is 0.201. The highest BCUT2D eigenvalue weighted by atomic mass is 32.2. The van der Waals surface area contributed by atoms with Crippen molar-refractivity contribution in [2.45, 2.75) is 18.4 Å². The Hall–Kier alpha value is -2.92. The number of imidazole rings is 1. The molecule has 0 radical (unpaired) electrons. The van der Waals surface area contributed by atoms with Gasteiger partial charge in [-0.15, -0.1) is 0 Å². The molecule has 0 fully saturated rings. The molecule has 2 aromatic heterocycles. The molecule has 3 aromatic rings. The van der Waals surface area contributed by atoms with E-state index in [9.17, 15) is 18.0 Å². The van der Waals surface area contributed by atoms with Crippen molar-refractivity contribution in [2.75, 3.05) is 26.0 Å². The Morgan fingerprint density at radius 2 is 1.83 bits per heavy atom. The average molecular weight is 420 g/mol. The molecule has 3 rings (SSSR count). The predicted octanol–water partition coefficient (Wildman–Crippen LogP) is 0.105. The lowest BCUT2D eigenvalue weighted by Gasteiger charge is -2.15. The topological polar surface area (TPSA) is 111 Å². The molecule has 0 saturated heterocycles. The van der Waals surface area contributed by atoms with E-state index < -0.39 is 21.3 Å². The number of rotatable bonds is 6. The first-order valence-electron chi connectivity index (χ1n) is 8.93. The van der Waals surface area contributed by atoms with Gasteiger partial charge in [0.05, 0.1) is 11.2 Å². The Morgan fingerprint density at radius 1 is 1.14 bits per heavy atom. The minimum atomic E-state index is -3.53. The first-order valence-corrected chi connectivity index (χ1v) is 10.4. The Morgan fingerprint density at radius 3 is 2.48 bits per heavy atom. The predicted molar refractivity (Wildman–Crippen MR) is 111 cm³/mol. The van der Waals surface area contributed by atoms with Gasteiger partial charge in [0.1, 0.15) is 0 Å². The number of hydrogen-bond acceptors (Lipinski definition) is 6. The third-order valence-corrected chi connectivity index (χ3v) is 6.68. The van der Waals surface area contributed by atoms with E-state index in [1.54, 1.807) is 29.8 Å². The molecular formula is C18H24N6O4S. The van der Waals surface area contributed by atoms with E-state index in [2.05, 4.69) is 10.3 Å². The second kappa shape index (κ2) is 7.48. The molecule has 11 heteroatoms. The summed E-state index contributed by atoms with van der Waals surface area (Å²) in [4.78, 5) is 28.9. The maximum atomic E-state index is 12.5. The summed E-state index contributed by atoms with van der Waals surface area (Å²) in [5, 5.41) is 3.22. The number of nitrogens with one attached hydrogen (secondary N) is 1. The van der Waals surface area contributed by atoms with Gasteiger partial charge >= 0.3 is 5.69 Å². The SMILES string of the molecule is Cc1ccc(S(=O)(=O)N(C)C)cc1NCCn1cnc2c1c(=O)n(C)c(=O)n2C. The highest BCUT2D eigenvalue weighted by molar-refractivity contribution is 7.89. The van der Waals surface area contributed by atoms with E-state index >= 15 is 0 Å². The number of hydrogen-bond donors (Lipinski definition) is 1. The normalized spacial score (nSPS) is 12.1. The van der Waals surface area contributed by atoms with Crippen molar-refractivity contribution in [2.24, 2.45) is 14.1 Å². The summed E-state index contributed by atoms with van der Waals surface area (Å²) < 4.78 is 29.9. The largest absolute Gasteiger partial charge is 0.383 e. The smallest absolute Gasteiger partial charge is 0.332 e. The maximum Gasteiger partial charge on any atom is 0.332 e. The molecule has 29 heavy (non-hydrogen) atoms. The molecule has 1 aromatic carbocycles. The first-order chi connectivity index (χ1) is 13.6. The third kappa shape index (κ3) is 3.58. The molecule has 0 aliphatic carbocycles. The molecule has 0 bridgehead atoms. The lowest BCUT2D eigenvalue weighted by atomic mass is 10.2. The molecule has 0 saturated carbocycles. The number of benzene rings is 1. The lowest BCUT2D eigenvalue weighted by molar-refractivity contribution is 0.521. The van der Waals surface area contributed by atoms with Gasteiger partial charge in [-0.2, -0.15) is 0 Å². The van der Waals surface area contributed by atoms with E-state index in [0.29, 0.717) is 29.9 Å². The van der Waals surface area contributed by atoms with Crippen LogP contribution in [-0.4, -0.2) is 52.0 Å². The Labute approximate surface area is 168 Å². The van der Waals surface area contributed by atoms with Gasteiger partial charge in [0.2, 0.25) is 10.0 Å². The van der Waals surface area contributed by atoms with Gasteiger partial charge in [0.25, 0.3) is 5.56 Å². The van der Waals surface area contributed by atoms with Crippen LogP contribution in [0.3, 0.4) is 0 Å². The number of fused-ring (bicyclic) bond motifs is 1. The minimum Gasteiger partial charge on any atom is -0.383 e. The molecule has 10 nitrogen and oxygen atoms in total.